The number of hydrogen-bond acceptors (Lipinski definition) is 5. The van der Waals surface area contributed by atoms with E-state index in [0.29, 0.717) is 50.9 Å². The van der Waals surface area contributed by atoms with Gasteiger partial charge in [-0.05, 0) is 50.9 Å². The van der Waals surface area contributed by atoms with Crippen LogP contribution in [-0.4, -0.2) is 64.1 Å². The summed E-state index contributed by atoms with van der Waals surface area (Å²) in [4.78, 5) is 47.8. The molecule has 238 valence electrons. The second kappa shape index (κ2) is 12.5. The maximum Gasteiger partial charge on any atom is 2.00 e. The number of aliphatic hydroxyl groups excluding tert-OH is 1. The summed E-state index contributed by atoms with van der Waals surface area (Å²) in [7, 11) is 1.28. The molecule has 2 aromatic heterocycles. The molecule has 1 unspecified atom stereocenters. The predicted octanol–water partition coefficient (Wildman–Crippen LogP) is 4.32. The average molecular weight is 635 g/mol. The van der Waals surface area contributed by atoms with Crippen LogP contribution in [0.1, 0.15) is 85.5 Å². The second-order valence-corrected chi connectivity index (χ2v) is 12.7. The number of carboxylic acids is 1. The molecule has 10 nitrogen and oxygen atoms in total. The van der Waals surface area contributed by atoms with Crippen LogP contribution in [0.25, 0.3) is 40.2 Å². The van der Waals surface area contributed by atoms with Gasteiger partial charge < -0.3 is 35.6 Å². The number of methoxy groups -OCH3 is 1. The first kappa shape index (κ1) is 33.7. The number of hydrogen-bond donors (Lipinski definition) is 2. The number of carbonyl (C=O) groups is 3. The molecule has 0 radical (unpaired) electrons. The zero-order valence-corrected chi connectivity index (χ0v) is 28.8. The fourth-order valence-corrected chi connectivity index (χ4v) is 7.72. The normalized spacial score (nSPS) is 29.4. The van der Waals surface area contributed by atoms with Crippen LogP contribution in [0, 0.1) is 43.4 Å². The monoisotopic (exact) mass is 634 g/mol. The van der Waals surface area contributed by atoms with Crippen molar-refractivity contribution in [1.82, 2.24) is 9.97 Å². The molecule has 0 saturated carbocycles. The van der Waals surface area contributed by atoms with Gasteiger partial charge in [-0.25, -0.2) is 0 Å². The van der Waals surface area contributed by atoms with E-state index in [4.69, 9.17) is 25.3 Å². The molecule has 0 spiro atoms. The van der Waals surface area contributed by atoms with Gasteiger partial charge in [-0.3, -0.25) is 14.4 Å². The number of carboxylic acid groups (broad SMARTS) is 1. The first-order chi connectivity index (χ1) is 21.4. The summed E-state index contributed by atoms with van der Waals surface area (Å²) in [6.07, 6.45) is 6.77. The number of fused-ring (bicyclic) bond motifs is 8. The van der Waals surface area contributed by atoms with Gasteiger partial charge >= 0.3 is 35.0 Å². The van der Waals surface area contributed by atoms with Gasteiger partial charge in [0.25, 0.3) is 0 Å². The molecule has 6 rings (SSSR count). The largest absolute Gasteiger partial charge is 2.00 e. The molecule has 11 heteroatoms. The zero-order chi connectivity index (χ0) is 32.5. The Morgan fingerprint density at radius 1 is 0.935 bits per heavy atom. The fourth-order valence-electron chi connectivity index (χ4n) is 7.72. The number of allylic oxidation sites excluding steroid dienone is 3. The first-order valence-electron chi connectivity index (χ1n) is 15.5. The third-order valence-electron chi connectivity index (χ3n) is 10.2. The Balaban J connectivity index is 0.00000417. The van der Waals surface area contributed by atoms with E-state index in [1.165, 1.54) is 14.0 Å². The number of rotatable bonds is 6. The Morgan fingerprint density at radius 2 is 1.59 bits per heavy atom. The number of nitrogens with zero attached hydrogens (tertiary/aromatic N) is 4. The Labute approximate surface area is 284 Å². The third kappa shape index (κ3) is 5.21. The SMILES string of the molecule is CC[C@H]1/C2=C/c3[n-]c4c(c3C)=C(O)[C@H](C(=O)OC)C=4C3[N-]/C(=C\c4[n-]c(c(C(C)=O)c4C)/C=C(\[N-]2)[C@@H]1C)[C@@H](C)[C@@H]3CCC(=O)O.[Mg+2]. The number of aromatic nitrogens is 2. The Morgan fingerprint density at radius 3 is 2.22 bits per heavy atom. The van der Waals surface area contributed by atoms with E-state index in [1.54, 1.807) is 0 Å². The van der Waals surface area contributed by atoms with E-state index in [-0.39, 0.29) is 64.7 Å². The van der Waals surface area contributed by atoms with Crippen molar-refractivity contribution >= 4 is 70.3 Å². The molecule has 1 aliphatic carbocycles. The number of aliphatic hydroxyl groups is 1. The Kier molecular flexibility index (Phi) is 9.13. The molecule has 46 heavy (non-hydrogen) atoms. The minimum Gasteiger partial charge on any atom is -0.681 e. The number of ketones is 1. The van der Waals surface area contributed by atoms with E-state index in [9.17, 15) is 24.6 Å². The van der Waals surface area contributed by atoms with Crippen LogP contribution in [0.15, 0.2) is 17.1 Å². The predicted molar refractivity (Wildman–Crippen MR) is 176 cm³/mol. The van der Waals surface area contributed by atoms with Crippen molar-refractivity contribution in [3.63, 3.8) is 0 Å². The maximum atomic E-state index is 13.3. The van der Waals surface area contributed by atoms with Gasteiger partial charge in [0.1, 0.15) is 11.7 Å². The molecule has 2 N–H and O–H groups in total. The Bertz CT molecular complexity index is 1860. The summed E-state index contributed by atoms with van der Waals surface area (Å²) in [5.74, 6) is -3.23. The number of Topliss-reactive ketones (excluding diaryl/α,β-unsaturated/α-hetero) is 1. The molecule has 0 amide bonds. The van der Waals surface area contributed by atoms with E-state index in [1.807, 2.05) is 39.0 Å². The molecule has 2 fully saturated rings. The third-order valence-corrected chi connectivity index (χ3v) is 10.2. The van der Waals surface area contributed by atoms with E-state index in [0.717, 1.165) is 28.9 Å². The molecule has 5 heterocycles. The molecule has 4 aliphatic rings. The van der Waals surface area contributed by atoms with Crippen LogP contribution >= 0.6 is 0 Å². The fraction of sp³-hybridized carbons (Fsp3) is 0.457. The van der Waals surface area contributed by atoms with Crippen LogP contribution in [0.4, 0.5) is 0 Å². The van der Waals surface area contributed by atoms with Gasteiger partial charge in [0.2, 0.25) is 0 Å². The minimum absolute atomic E-state index is 0. The van der Waals surface area contributed by atoms with Crippen molar-refractivity contribution in [2.24, 2.45) is 29.6 Å². The van der Waals surface area contributed by atoms with Crippen molar-refractivity contribution in [2.75, 3.05) is 7.11 Å². The van der Waals surface area contributed by atoms with E-state index < -0.39 is 23.9 Å². The second-order valence-electron chi connectivity index (χ2n) is 12.7. The molecule has 8 bridgehead atoms. The standard InChI is InChI=1S/C35H40N4O6.Mg/c1-8-19-14(2)21-13-26-28(18(6)40)16(4)23(37-26)11-22-15(3)20(9-10-27(41)42)32(38-22)30-31(35(44)45-7)34(43)29-17(5)24(39-33(29)30)12-25(19)36-21;/h11-15,19-20,31-32H,8-10H2,1-7H3,(H4,36,37,40,41,42,43);/q-2;+2/p-2/b22-11-,25-12-;/t14-,15+,19-,20+,31-,32?;/m1./s1. The molecular formula is C35H38MgN4O6-2. The summed E-state index contributed by atoms with van der Waals surface area (Å²) in [6, 6.07) is -0.645. The van der Waals surface area contributed by atoms with Gasteiger partial charge in [-0.2, -0.15) is 17.1 Å². The van der Waals surface area contributed by atoms with Crippen molar-refractivity contribution in [3.05, 3.63) is 72.1 Å². The van der Waals surface area contributed by atoms with Gasteiger partial charge in [-0.1, -0.05) is 68.2 Å². The van der Waals surface area contributed by atoms with Gasteiger partial charge in [0.15, 0.2) is 5.78 Å². The first-order valence-corrected chi connectivity index (χ1v) is 15.5. The molecule has 2 aromatic rings. The summed E-state index contributed by atoms with van der Waals surface area (Å²) < 4.78 is 5.16. The smallest absolute Gasteiger partial charge is 0.681 e. The summed E-state index contributed by atoms with van der Waals surface area (Å²) >= 11 is 0. The van der Waals surface area contributed by atoms with Crippen molar-refractivity contribution < 1.29 is 29.3 Å². The molecule has 3 aliphatic heterocycles. The van der Waals surface area contributed by atoms with Gasteiger partial charge in [-0.15, -0.1) is 22.4 Å². The van der Waals surface area contributed by atoms with Gasteiger partial charge in [0.05, 0.1) is 7.11 Å². The molecule has 6 atom stereocenters. The average Bonchev–Trinajstić information content (AvgIpc) is 3.72. The topological polar surface area (TPSA) is 157 Å². The quantitative estimate of drug-likeness (QED) is 0.270. The van der Waals surface area contributed by atoms with Crippen LogP contribution in [-0.2, 0) is 14.3 Å². The number of ether oxygens (including phenoxy) is 1. The van der Waals surface area contributed by atoms with Crippen LogP contribution < -0.4 is 20.5 Å². The van der Waals surface area contributed by atoms with Gasteiger partial charge in [0, 0.05) is 17.2 Å². The summed E-state index contributed by atoms with van der Waals surface area (Å²) in [5.41, 5.74) is 6.68. The number of carbonyl (C=O) groups excluding carboxylic acids is 2. The van der Waals surface area contributed by atoms with E-state index in [2.05, 4.69) is 13.8 Å². The number of aliphatic carboxylic acids is 1. The van der Waals surface area contributed by atoms with Crippen LogP contribution in [0.2, 0.25) is 0 Å². The summed E-state index contributed by atoms with van der Waals surface area (Å²) in [5, 5.41) is 32.3. The zero-order valence-electron chi connectivity index (χ0n) is 27.3. The molecular weight excluding hydrogens is 597 g/mol. The van der Waals surface area contributed by atoms with Crippen molar-refractivity contribution in [3.8, 4) is 0 Å². The Hall–Kier alpha value is -3.70. The van der Waals surface area contributed by atoms with Crippen LogP contribution in [0.5, 0.6) is 0 Å². The summed E-state index contributed by atoms with van der Waals surface area (Å²) in [6.45, 7) is 11.5. The van der Waals surface area contributed by atoms with Crippen LogP contribution in [0.3, 0.4) is 0 Å². The van der Waals surface area contributed by atoms with Crippen molar-refractivity contribution in [1.29, 1.82) is 0 Å². The van der Waals surface area contributed by atoms with Crippen molar-refractivity contribution in [2.45, 2.75) is 66.8 Å². The maximum absolute atomic E-state index is 13.3. The van der Waals surface area contributed by atoms with E-state index >= 15 is 0 Å². The molecule has 2 saturated heterocycles. The minimum atomic E-state index is -1.11. The number of esters is 1. The molecule has 0 aromatic carbocycles.